The van der Waals surface area contributed by atoms with Crippen LogP contribution in [0.1, 0.15) is 6.42 Å². The summed E-state index contributed by atoms with van der Waals surface area (Å²) in [5.74, 6) is 0.510. The van der Waals surface area contributed by atoms with E-state index < -0.39 is 0 Å². The molecule has 8 nitrogen and oxygen atoms in total. The van der Waals surface area contributed by atoms with Gasteiger partial charge in [0.1, 0.15) is 18.1 Å². The Morgan fingerprint density at radius 3 is 3.12 bits per heavy atom. The van der Waals surface area contributed by atoms with E-state index in [4.69, 9.17) is 0 Å². The zero-order valence-electron chi connectivity index (χ0n) is 12.9. The predicted molar refractivity (Wildman–Crippen MR) is 90.0 cm³/mol. The van der Waals surface area contributed by atoms with Crippen LogP contribution in [0.4, 0.5) is 11.5 Å². The summed E-state index contributed by atoms with van der Waals surface area (Å²) in [7, 11) is 0. The number of hydrogen-bond donors (Lipinski definition) is 2. The third-order valence-electron chi connectivity index (χ3n) is 4.00. The highest BCUT2D eigenvalue weighted by Crippen LogP contribution is 2.24. The summed E-state index contributed by atoms with van der Waals surface area (Å²) in [6.45, 7) is 1.58. The summed E-state index contributed by atoms with van der Waals surface area (Å²) >= 11 is 0. The lowest BCUT2D eigenvalue weighted by Gasteiger charge is -2.17. The summed E-state index contributed by atoms with van der Waals surface area (Å²) in [5.41, 5.74) is 1.02. The maximum absolute atomic E-state index is 12.4. The molecule has 0 fully saturated rings. The van der Waals surface area contributed by atoms with Crippen molar-refractivity contribution in [3.8, 4) is 0 Å². The smallest absolute Gasteiger partial charge is 0.261 e. The summed E-state index contributed by atoms with van der Waals surface area (Å²) in [4.78, 5) is 28.9. The fourth-order valence-corrected chi connectivity index (χ4v) is 2.83. The van der Waals surface area contributed by atoms with E-state index in [-0.39, 0.29) is 18.0 Å². The second-order valence-corrected chi connectivity index (χ2v) is 5.65. The van der Waals surface area contributed by atoms with Gasteiger partial charge >= 0.3 is 0 Å². The fourth-order valence-electron chi connectivity index (χ4n) is 2.83. The Balaban J connectivity index is 1.55. The number of aryl methyl sites for hydroxylation is 1. The molecule has 2 aromatic heterocycles. The summed E-state index contributed by atoms with van der Waals surface area (Å²) < 4.78 is 3.13. The monoisotopic (exact) mass is 324 g/mol. The van der Waals surface area contributed by atoms with E-state index in [1.165, 1.54) is 10.9 Å². The zero-order valence-corrected chi connectivity index (χ0v) is 12.9. The van der Waals surface area contributed by atoms with E-state index in [0.29, 0.717) is 16.6 Å². The van der Waals surface area contributed by atoms with Gasteiger partial charge in [0.05, 0.1) is 23.4 Å². The first-order valence-corrected chi connectivity index (χ1v) is 7.76. The van der Waals surface area contributed by atoms with Crippen LogP contribution in [0.3, 0.4) is 0 Å². The number of carbonyl (C=O) groups excluding carboxylic acids is 1. The molecule has 3 aromatic rings. The Hall–Kier alpha value is -3.16. The van der Waals surface area contributed by atoms with Crippen molar-refractivity contribution in [1.82, 2.24) is 19.3 Å². The van der Waals surface area contributed by atoms with E-state index >= 15 is 0 Å². The molecule has 8 heteroatoms. The molecule has 24 heavy (non-hydrogen) atoms. The van der Waals surface area contributed by atoms with Crippen molar-refractivity contribution in [1.29, 1.82) is 0 Å². The number of amides is 1. The standard InChI is InChI=1S/C16H16N6O2/c23-14(20-13-8-19-22-7-3-6-17-15(13)22)9-21-10-18-12-5-2-1-4-11(12)16(21)24/h1-2,4-5,8,10,17H,3,6-7,9H2,(H,20,23). The summed E-state index contributed by atoms with van der Waals surface area (Å²) in [5, 5.41) is 10.8. The average molecular weight is 324 g/mol. The number of fused-ring (bicyclic) bond motifs is 2. The lowest BCUT2D eigenvalue weighted by atomic mass is 10.2. The number of carbonyl (C=O) groups is 1. The van der Waals surface area contributed by atoms with Crippen molar-refractivity contribution in [3.05, 3.63) is 47.1 Å². The van der Waals surface area contributed by atoms with Gasteiger partial charge in [-0.2, -0.15) is 5.10 Å². The number of nitrogens with one attached hydrogen (secondary N) is 2. The van der Waals surface area contributed by atoms with Gasteiger partial charge in [-0.15, -0.1) is 0 Å². The highest BCUT2D eigenvalue weighted by atomic mass is 16.2. The molecule has 0 atom stereocenters. The molecule has 0 unspecified atom stereocenters. The summed E-state index contributed by atoms with van der Waals surface area (Å²) in [6, 6.07) is 7.08. The Morgan fingerprint density at radius 1 is 1.33 bits per heavy atom. The number of rotatable bonds is 3. The molecule has 1 aromatic carbocycles. The number of anilines is 2. The lowest BCUT2D eigenvalue weighted by molar-refractivity contribution is -0.116. The van der Waals surface area contributed by atoms with Crippen LogP contribution in [0.15, 0.2) is 41.6 Å². The molecule has 0 saturated heterocycles. The van der Waals surface area contributed by atoms with Crippen molar-refractivity contribution in [2.75, 3.05) is 17.2 Å². The minimum Gasteiger partial charge on any atom is -0.368 e. The van der Waals surface area contributed by atoms with Crippen LogP contribution in [0.25, 0.3) is 10.9 Å². The number of para-hydroxylation sites is 1. The Kier molecular flexibility index (Phi) is 3.49. The molecule has 0 saturated carbocycles. The van der Waals surface area contributed by atoms with Crippen LogP contribution in [-0.2, 0) is 17.9 Å². The molecule has 1 aliphatic heterocycles. The lowest BCUT2D eigenvalue weighted by Crippen LogP contribution is -2.28. The van der Waals surface area contributed by atoms with Crippen LogP contribution in [0.2, 0.25) is 0 Å². The average Bonchev–Trinajstić information content (AvgIpc) is 3.01. The molecular formula is C16H16N6O2. The first-order chi connectivity index (χ1) is 11.7. The minimum atomic E-state index is -0.294. The first-order valence-electron chi connectivity index (χ1n) is 7.76. The van der Waals surface area contributed by atoms with Gasteiger partial charge in [0.25, 0.3) is 5.56 Å². The van der Waals surface area contributed by atoms with Crippen LogP contribution in [-0.4, -0.2) is 31.8 Å². The number of nitrogens with zero attached hydrogens (tertiary/aromatic N) is 4. The highest BCUT2D eigenvalue weighted by Gasteiger charge is 2.16. The molecule has 4 rings (SSSR count). The van der Waals surface area contributed by atoms with Gasteiger partial charge in [-0.1, -0.05) is 12.1 Å². The largest absolute Gasteiger partial charge is 0.368 e. The molecule has 0 bridgehead atoms. The number of benzene rings is 1. The van der Waals surface area contributed by atoms with Crippen molar-refractivity contribution in [2.24, 2.45) is 0 Å². The second-order valence-electron chi connectivity index (χ2n) is 5.65. The SMILES string of the molecule is O=C(Cn1cnc2ccccc2c1=O)Nc1cnn2c1NCCC2. The zero-order chi connectivity index (χ0) is 16.5. The van der Waals surface area contributed by atoms with E-state index in [9.17, 15) is 9.59 Å². The van der Waals surface area contributed by atoms with Gasteiger partial charge in [-0.3, -0.25) is 14.2 Å². The van der Waals surface area contributed by atoms with Gasteiger partial charge in [-0.05, 0) is 18.6 Å². The molecular weight excluding hydrogens is 308 g/mol. The molecule has 1 aliphatic rings. The first kappa shape index (κ1) is 14.4. The predicted octanol–water partition coefficient (Wildman–Crippen LogP) is 1.05. The molecule has 0 radical (unpaired) electrons. The Morgan fingerprint density at radius 2 is 2.21 bits per heavy atom. The molecule has 3 heterocycles. The maximum atomic E-state index is 12.4. The third-order valence-corrected chi connectivity index (χ3v) is 4.00. The highest BCUT2D eigenvalue weighted by molar-refractivity contribution is 5.93. The maximum Gasteiger partial charge on any atom is 0.261 e. The minimum absolute atomic E-state index is 0.0959. The fraction of sp³-hybridized carbons (Fsp3) is 0.250. The van der Waals surface area contributed by atoms with E-state index in [1.807, 2.05) is 10.7 Å². The van der Waals surface area contributed by atoms with Crippen molar-refractivity contribution in [3.63, 3.8) is 0 Å². The van der Waals surface area contributed by atoms with Gasteiger partial charge < -0.3 is 10.6 Å². The van der Waals surface area contributed by atoms with Crippen LogP contribution < -0.4 is 16.2 Å². The summed E-state index contributed by atoms with van der Waals surface area (Å²) in [6.07, 6.45) is 4.02. The van der Waals surface area contributed by atoms with Crippen LogP contribution in [0.5, 0.6) is 0 Å². The Labute approximate surface area is 137 Å². The molecule has 0 spiro atoms. The van der Waals surface area contributed by atoms with E-state index in [0.717, 1.165) is 25.3 Å². The molecule has 2 N–H and O–H groups in total. The molecule has 1 amide bonds. The molecule has 122 valence electrons. The van der Waals surface area contributed by atoms with Gasteiger partial charge in [0, 0.05) is 13.1 Å². The van der Waals surface area contributed by atoms with Crippen LogP contribution >= 0.6 is 0 Å². The van der Waals surface area contributed by atoms with Gasteiger partial charge in [-0.25, -0.2) is 9.67 Å². The van der Waals surface area contributed by atoms with Crippen LogP contribution in [0, 0.1) is 0 Å². The second kappa shape index (κ2) is 5.80. The Bertz CT molecular complexity index is 974. The van der Waals surface area contributed by atoms with Gasteiger partial charge in [0.2, 0.25) is 5.91 Å². The van der Waals surface area contributed by atoms with Crippen molar-refractivity contribution >= 4 is 28.3 Å². The number of aromatic nitrogens is 4. The third kappa shape index (κ3) is 2.51. The van der Waals surface area contributed by atoms with Crippen molar-refractivity contribution in [2.45, 2.75) is 19.5 Å². The number of hydrogen-bond acceptors (Lipinski definition) is 5. The molecule has 0 aliphatic carbocycles. The van der Waals surface area contributed by atoms with E-state index in [2.05, 4.69) is 20.7 Å². The van der Waals surface area contributed by atoms with Crippen molar-refractivity contribution < 1.29 is 4.79 Å². The van der Waals surface area contributed by atoms with E-state index in [1.54, 1.807) is 24.4 Å². The van der Waals surface area contributed by atoms with Gasteiger partial charge in [0.15, 0.2) is 0 Å². The quantitative estimate of drug-likeness (QED) is 0.751. The topological polar surface area (TPSA) is 93.8 Å². The normalized spacial score (nSPS) is 13.3.